The Labute approximate surface area is 127 Å². The van der Waals surface area contributed by atoms with Gasteiger partial charge in [0, 0.05) is 58.6 Å². The van der Waals surface area contributed by atoms with Crippen LogP contribution in [0.2, 0.25) is 0 Å². The maximum Gasteiger partial charge on any atom is 0.0964 e. The molecule has 7 heteroatoms. The quantitative estimate of drug-likeness (QED) is 0.676. The summed E-state index contributed by atoms with van der Waals surface area (Å²) in [5.74, 6) is 0. The Hall–Kier alpha value is -1.02. The normalized spacial score (nSPS) is 17.7. The van der Waals surface area contributed by atoms with Crippen molar-refractivity contribution >= 4 is 0 Å². The summed E-state index contributed by atoms with van der Waals surface area (Å²) in [5.41, 5.74) is 1.01. The van der Waals surface area contributed by atoms with E-state index >= 15 is 0 Å². The Kier molecular flexibility index (Phi) is 6.56. The Morgan fingerprint density at radius 2 is 1.76 bits per heavy atom. The van der Waals surface area contributed by atoms with Crippen molar-refractivity contribution in [1.82, 2.24) is 35.0 Å². The molecule has 0 aliphatic carbocycles. The summed E-state index contributed by atoms with van der Waals surface area (Å²) in [6, 6.07) is 0. The van der Waals surface area contributed by atoms with Crippen LogP contribution >= 0.6 is 0 Å². The number of nitrogens with one attached hydrogen (secondary N) is 1. The molecule has 0 bridgehead atoms. The van der Waals surface area contributed by atoms with Crippen LogP contribution in [0.5, 0.6) is 0 Å². The highest BCUT2D eigenvalue weighted by molar-refractivity contribution is 4.91. The van der Waals surface area contributed by atoms with Crippen molar-refractivity contribution in [1.29, 1.82) is 0 Å². The van der Waals surface area contributed by atoms with E-state index in [0.29, 0.717) is 0 Å². The minimum atomic E-state index is 0.782. The summed E-state index contributed by atoms with van der Waals surface area (Å²) in [4.78, 5) is 7.32. The van der Waals surface area contributed by atoms with Gasteiger partial charge in [-0.05, 0) is 21.1 Å². The van der Waals surface area contributed by atoms with E-state index in [0.717, 1.165) is 45.0 Å². The molecule has 2 heterocycles. The van der Waals surface area contributed by atoms with Crippen LogP contribution < -0.4 is 5.32 Å². The Morgan fingerprint density at radius 3 is 2.38 bits per heavy atom. The van der Waals surface area contributed by atoms with Crippen molar-refractivity contribution in [3.63, 3.8) is 0 Å². The van der Waals surface area contributed by atoms with Gasteiger partial charge in [-0.25, -0.2) is 0 Å². The first-order valence-corrected chi connectivity index (χ1v) is 7.80. The first-order valence-electron chi connectivity index (χ1n) is 7.80. The number of piperazine rings is 1. The van der Waals surface area contributed by atoms with Gasteiger partial charge in [-0.15, -0.1) is 5.10 Å². The van der Waals surface area contributed by atoms with E-state index in [1.807, 2.05) is 17.9 Å². The molecule has 0 amide bonds. The van der Waals surface area contributed by atoms with Gasteiger partial charge in [0.25, 0.3) is 0 Å². The summed E-state index contributed by atoms with van der Waals surface area (Å²) in [5, 5.41) is 11.4. The molecule has 0 spiro atoms. The zero-order valence-corrected chi connectivity index (χ0v) is 13.6. The van der Waals surface area contributed by atoms with Gasteiger partial charge in [-0.2, -0.15) is 0 Å². The molecule has 2 rings (SSSR count). The summed E-state index contributed by atoms with van der Waals surface area (Å²) >= 11 is 0. The molecule has 7 nitrogen and oxygen atoms in total. The Bertz CT molecular complexity index is 396. The van der Waals surface area contributed by atoms with Gasteiger partial charge in [0.2, 0.25) is 0 Å². The molecule has 21 heavy (non-hydrogen) atoms. The summed E-state index contributed by atoms with van der Waals surface area (Å²) in [6.07, 6.45) is 2.03. The van der Waals surface area contributed by atoms with Crippen LogP contribution in [-0.4, -0.2) is 96.6 Å². The van der Waals surface area contributed by atoms with E-state index in [4.69, 9.17) is 0 Å². The number of likely N-dealkylation sites (N-methyl/N-ethyl adjacent to an activating group) is 1. The second-order valence-electron chi connectivity index (χ2n) is 5.99. The highest BCUT2D eigenvalue weighted by atomic mass is 15.4. The summed E-state index contributed by atoms with van der Waals surface area (Å²) < 4.78 is 1.95. The minimum Gasteiger partial charge on any atom is -0.314 e. The molecule has 0 aromatic carbocycles. The molecule has 0 atom stereocenters. The lowest BCUT2D eigenvalue weighted by Crippen LogP contribution is -2.48. The van der Waals surface area contributed by atoms with Crippen LogP contribution in [0.15, 0.2) is 6.20 Å². The zero-order valence-electron chi connectivity index (χ0n) is 13.6. The molecule has 0 saturated carbocycles. The summed E-state index contributed by atoms with van der Waals surface area (Å²) in [7, 11) is 6.20. The van der Waals surface area contributed by atoms with Gasteiger partial charge in [0.1, 0.15) is 0 Å². The molecule has 1 aliphatic heterocycles. The smallest absolute Gasteiger partial charge is 0.0964 e. The predicted molar refractivity (Wildman–Crippen MR) is 84.2 cm³/mol. The average Bonchev–Trinajstić information content (AvgIpc) is 2.92. The summed E-state index contributed by atoms with van der Waals surface area (Å²) in [6.45, 7) is 9.76. The van der Waals surface area contributed by atoms with Crippen molar-refractivity contribution in [3.8, 4) is 0 Å². The number of hydrogen-bond acceptors (Lipinski definition) is 6. The first-order chi connectivity index (χ1) is 10.2. The van der Waals surface area contributed by atoms with Gasteiger partial charge in [-0.3, -0.25) is 14.5 Å². The maximum atomic E-state index is 4.17. The Balaban J connectivity index is 1.64. The number of nitrogens with zero attached hydrogens (tertiary/aromatic N) is 6. The van der Waals surface area contributed by atoms with E-state index in [9.17, 15) is 0 Å². The lowest BCUT2D eigenvalue weighted by atomic mass is 10.3. The highest BCUT2D eigenvalue weighted by Crippen LogP contribution is 2.02. The molecule has 1 N–H and O–H groups in total. The number of hydrogen-bond donors (Lipinski definition) is 1. The van der Waals surface area contributed by atoms with Gasteiger partial charge in [-0.1, -0.05) is 5.21 Å². The Morgan fingerprint density at radius 1 is 1.10 bits per heavy atom. The third kappa shape index (κ3) is 5.70. The van der Waals surface area contributed by atoms with Crippen molar-refractivity contribution in [2.45, 2.75) is 13.1 Å². The van der Waals surface area contributed by atoms with Gasteiger partial charge >= 0.3 is 0 Å². The van der Waals surface area contributed by atoms with Crippen molar-refractivity contribution in [3.05, 3.63) is 11.9 Å². The van der Waals surface area contributed by atoms with Crippen molar-refractivity contribution in [2.24, 2.45) is 0 Å². The highest BCUT2D eigenvalue weighted by Gasteiger charge is 2.16. The third-order valence-corrected chi connectivity index (χ3v) is 3.92. The minimum absolute atomic E-state index is 0.782. The van der Waals surface area contributed by atoms with E-state index in [1.165, 1.54) is 19.6 Å². The van der Waals surface area contributed by atoms with Crippen LogP contribution in [0.1, 0.15) is 5.69 Å². The molecule has 1 aliphatic rings. The number of aromatic nitrogens is 3. The zero-order chi connectivity index (χ0) is 15.1. The molecule has 1 aromatic heterocycles. The fourth-order valence-electron chi connectivity index (χ4n) is 2.53. The van der Waals surface area contributed by atoms with E-state index in [1.54, 1.807) is 0 Å². The average molecular weight is 295 g/mol. The standard InChI is InChI=1S/C14H29N7/c1-15-12-14-13-21(17-16-14)11-10-20-8-6-19(7-9-20)5-4-18(2)3/h13,15H,4-12H2,1-3H3. The fourth-order valence-corrected chi connectivity index (χ4v) is 2.53. The second-order valence-corrected chi connectivity index (χ2v) is 5.99. The molecule has 1 fully saturated rings. The molecule has 0 unspecified atom stereocenters. The largest absolute Gasteiger partial charge is 0.314 e. The predicted octanol–water partition coefficient (Wildman–Crippen LogP) is -0.823. The number of rotatable bonds is 8. The molecule has 0 radical (unpaired) electrons. The maximum absolute atomic E-state index is 4.17. The van der Waals surface area contributed by atoms with E-state index in [2.05, 4.69) is 44.4 Å². The van der Waals surface area contributed by atoms with Gasteiger partial charge in [0.05, 0.1) is 12.2 Å². The first kappa shape index (κ1) is 16.4. The van der Waals surface area contributed by atoms with Gasteiger partial charge < -0.3 is 10.2 Å². The van der Waals surface area contributed by atoms with E-state index < -0.39 is 0 Å². The van der Waals surface area contributed by atoms with Crippen molar-refractivity contribution < 1.29 is 0 Å². The molecule has 120 valence electrons. The third-order valence-electron chi connectivity index (χ3n) is 3.92. The van der Waals surface area contributed by atoms with Crippen LogP contribution in [0.4, 0.5) is 0 Å². The molecular weight excluding hydrogens is 266 g/mol. The topological polar surface area (TPSA) is 52.5 Å². The SMILES string of the molecule is CNCc1cn(CCN2CCN(CCN(C)C)CC2)nn1. The van der Waals surface area contributed by atoms with Crippen molar-refractivity contribution in [2.75, 3.05) is 67.0 Å². The van der Waals surface area contributed by atoms with Crippen LogP contribution in [0.25, 0.3) is 0 Å². The van der Waals surface area contributed by atoms with Gasteiger partial charge in [0.15, 0.2) is 0 Å². The van der Waals surface area contributed by atoms with Crippen LogP contribution in [0, 0.1) is 0 Å². The molecule has 1 saturated heterocycles. The monoisotopic (exact) mass is 295 g/mol. The fraction of sp³-hybridized carbons (Fsp3) is 0.857. The lowest BCUT2D eigenvalue weighted by molar-refractivity contribution is 0.121. The van der Waals surface area contributed by atoms with E-state index in [-0.39, 0.29) is 0 Å². The lowest BCUT2D eigenvalue weighted by Gasteiger charge is -2.35. The second kappa shape index (κ2) is 8.43. The van der Waals surface area contributed by atoms with Crippen LogP contribution in [0.3, 0.4) is 0 Å². The molecule has 1 aromatic rings. The molecular formula is C14H29N7. The van der Waals surface area contributed by atoms with Crippen LogP contribution in [-0.2, 0) is 13.1 Å².